The highest BCUT2D eigenvalue weighted by atomic mass is 35.5. The minimum absolute atomic E-state index is 0.200. The minimum atomic E-state index is 0.200. The van der Waals surface area contributed by atoms with Crippen LogP contribution in [0.4, 0.5) is 11.4 Å². The Morgan fingerprint density at radius 2 is 1.76 bits per heavy atom. The van der Waals surface area contributed by atoms with Crippen LogP contribution in [-0.4, -0.2) is 21.2 Å². The lowest BCUT2D eigenvalue weighted by Crippen LogP contribution is -2.10. The number of nitrogens with one attached hydrogen (secondary N) is 1. The molecule has 0 bridgehead atoms. The van der Waals surface area contributed by atoms with Gasteiger partial charge in [0.2, 0.25) is 0 Å². The Kier molecular flexibility index (Phi) is 4.97. The van der Waals surface area contributed by atoms with E-state index in [0.717, 1.165) is 5.69 Å². The molecule has 2 aromatic carbocycles. The summed E-state index contributed by atoms with van der Waals surface area (Å²) in [7, 11) is 5.69. The van der Waals surface area contributed by atoms with Crippen LogP contribution in [0.5, 0.6) is 5.75 Å². The van der Waals surface area contributed by atoms with Gasteiger partial charge in [0.05, 0.1) is 12.1 Å². The molecule has 0 saturated heterocycles. The molecule has 2 aromatic rings. The Morgan fingerprint density at radius 1 is 1.10 bits per heavy atom. The molecule has 0 aliphatic carbocycles. The quantitative estimate of drug-likeness (QED) is 0.874. The molecule has 0 aromatic heterocycles. The van der Waals surface area contributed by atoms with E-state index in [0.29, 0.717) is 10.8 Å². The molecule has 0 heterocycles. The van der Waals surface area contributed by atoms with Crippen molar-refractivity contribution in [3.05, 3.63) is 53.1 Å². The maximum Gasteiger partial charge on any atom is 0.137 e. The zero-order valence-electron chi connectivity index (χ0n) is 12.9. The van der Waals surface area contributed by atoms with Gasteiger partial charge in [0.25, 0.3) is 0 Å². The van der Waals surface area contributed by atoms with Crippen LogP contribution in [-0.2, 0) is 0 Å². The van der Waals surface area contributed by atoms with E-state index in [4.69, 9.17) is 16.3 Å². The zero-order valence-corrected chi connectivity index (χ0v) is 13.6. The van der Waals surface area contributed by atoms with Crippen LogP contribution in [0.25, 0.3) is 0 Å². The summed E-state index contributed by atoms with van der Waals surface area (Å²) in [5, 5.41) is 4.05. The predicted molar refractivity (Wildman–Crippen MR) is 90.8 cm³/mol. The summed E-state index contributed by atoms with van der Waals surface area (Å²) in [6.45, 7) is 2.13. The molecule has 1 N–H and O–H groups in total. The number of hydrogen-bond acceptors (Lipinski definition) is 3. The topological polar surface area (TPSA) is 24.5 Å². The van der Waals surface area contributed by atoms with Crippen molar-refractivity contribution >= 4 is 23.0 Å². The number of ether oxygens (including phenoxy) is 1. The molecule has 3 nitrogen and oxygen atoms in total. The third-order valence-electron chi connectivity index (χ3n) is 3.44. The van der Waals surface area contributed by atoms with E-state index in [9.17, 15) is 0 Å². The molecule has 4 heteroatoms. The number of benzene rings is 2. The van der Waals surface area contributed by atoms with E-state index in [1.807, 2.05) is 32.3 Å². The second-order valence-corrected chi connectivity index (χ2v) is 5.61. The molecule has 0 aliphatic rings. The molecule has 21 heavy (non-hydrogen) atoms. The van der Waals surface area contributed by atoms with Gasteiger partial charge in [-0.25, -0.2) is 0 Å². The Bertz CT molecular complexity index is 596. The van der Waals surface area contributed by atoms with Gasteiger partial charge in [-0.05, 0) is 42.8 Å². The summed E-state index contributed by atoms with van der Waals surface area (Å²) in [6.07, 6.45) is 0. The maximum absolute atomic E-state index is 6.14. The van der Waals surface area contributed by atoms with Gasteiger partial charge >= 0.3 is 0 Å². The Hall–Kier alpha value is -1.87. The molecule has 0 amide bonds. The molecule has 1 atom stereocenters. The molecular formula is C17H21ClN2O. The summed E-state index contributed by atoms with van der Waals surface area (Å²) < 4.78 is 5.16. The summed E-state index contributed by atoms with van der Waals surface area (Å²) >= 11 is 6.14. The fourth-order valence-corrected chi connectivity index (χ4v) is 2.41. The normalized spacial score (nSPS) is 11.9. The van der Waals surface area contributed by atoms with Gasteiger partial charge in [-0.3, -0.25) is 0 Å². The monoisotopic (exact) mass is 304 g/mol. The van der Waals surface area contributed by atoms with E-state index in [2.05, 4.69) is 41.4 Å². The molecule has 1 unspecified atom stereocenters. The Morgan fingerprint density at radius 3 is 2.29 bits per heavy atom. The minimum Gasteiger partial charge on any atom is -0.495 e. The van der Waals surface area contributed by atoms with E-state index < -0.39 is 0 Å². The standard InChI is InChI=1S/C17H21ClN2O/c1-12(13-5-8-15(9-6-13)20(2)3)19-14-7-10-17(21-4)16(18)11-14/h5-12,19H,1-4H3. The van der Waals surface area contributed by atoms with E-state index in [1.54, 1.807) is 7.11 Å². The molecule has 2 rings (SSSR count). The Labute approximate surface area is 131 Å². The first-order valence-corrected chi connectivity index (χ1v) is 7.26. The number of rotatable bonds is 5. The third kappa shape index (κ3) is 3.82. The van der Waals surface area contributed by atoms with Crippen molar-refractivity contribution in [2.24, 2.45) is 0 Å². The number of nitrogens with zero attached hydrogens (tertiary/aromatic N) is 1. The summed E-state index contributed by atoms with van der Waals surface area (Å²) in [4.78, 5) is 2.09. The van der Waals surface area contributed by atoms with Crippen molar-refractivity contribution in [2.75, 3.05) is 31.4 Å². The molecule has 112 valence electrons. The van der Waals surface area contributed by atoms with Gasteiger partial charge in [0, 0.05) is 31.5 Å². The SMILES string of the molecule is COc1ccc(NC(C)c2ccc(N(C)C)cc2)cc1Cl. The average molecular weight is 305 g/mol. The maximum atomic E-state index is 6.14. The second-order valence-electron chi connectivity index (χ2n) is 5.20. The molecular weight excluding hydrogens is 284 g/mol. The second kappa shape index (κ2) is 6.72. The smallest absolute Gasteiger partial charge is 0.137 e. The van der Waals surface area contributed by atoms with Crippen LogP contribution in [0.15, 0.2) is 42.5 Å². The highest BCUT2D eigenvalue weighted by Gasteiger charge is 2.08. The van der Waals surface area contributed by atoms with E-state index >= 15 is 0 Å². The van der Waals surface area contributed by atoms with Crippen molar-refractivity contribution in [3.63, 3.8) is 0 Å². The van der Waals surface area contributed by atoms with Crippen LogP contribution < -0.4 is 15.0 Å². The largest absolute Gasteiger partial charge is 0.495 e. The number of hydrogen-bond donors (Lipinski definition) is 1. The highest BCUT2D eigenvalue weighted by molar-refractivity contribution is 6.32. The van der Waals surface area contributed by atoms with Gasteiger partial charge < -0.3 is 15.0 Å². The number of anilines is 2. The number of halogens is 1. The van der Waals surface area contributed by atoms with Crippen LogP contribution in [0.2, 0.25) is 5.02 Å². The van der Waals surface area contributed by atoms with Gasteiger partial charge in [0.15, 0.2) is 0 Å². The van der Waals surface area contributed by atoms with Gasteiger partial charge in [-0.1, -0.05) is 23.7 Å². The van der Waals surface area contributed by atoms with E-state index in [-0.39, 0.29) is 6.04 Å². The zero-order chi connectivity index (χ0) is 15.4. The van der Waals surface area contributed by atoms with Gasteiger partial charge in [0.1, 0.15) is 5.75 Å². The predicted octanol–water partition coefficient (Wildman–Crippen LogP) is 4.59. The summed E-state index contributed by atoms with van der Waals surface area (Å²) in [5.41, 5.74) is 3.40. The van der Waals surface area contributed by atoms with E-state index in [1.165, 1.54) is 11.3 Å². The number of methoxy groups -OCH3 is 1. The molecule has 0 fully saturated rings. The molecule has 0 aliphatic heterocycles. The Balaban J connectivity index is 2.10. The first-order valence-electron chi connectivity index (χ1n) is 6.88. The fourth-order valence-electron chi connectivity index (χ4n) is 2.15. The first kappa shape index (κ1) is 15.5. The molecule has 0 radical (unpaired) electrons. The van der Waals surface area contributed by atoms with Crippen LogP contribution in [0, 0.1) is 0 Å². The lowest BCUT2D eigenvalue weighted by atomic mass is 10.1. The molecule has 0 saturated carbocycles. The van der Waals surface area contributed by atoms with Crippen molar-refractivity contribution < 1.29 is 4.74 Å². The highest BCUT2D eigenvalue weighted by Crippen LogP contribution is 2.29. The summed E-state index contributed by atoms with van der Waals surface area (Å²) in [6, 6.07) is 14.4. The first-order chi connectivity index (χ1) is 10.0. The molecule has 0 spiro atoms. The van der Waals surface area contributed by atoms with Crippen LogP contribution in [0.3, 0.4) is 0 Å². The van der Waals surface area contributed by atoms with Gasteiger partial charge in [-0.2, -0.15) is 0 Å². The average Bonchev–Trinajstić information content (AvgIpc) is 2.47. The summed E-state index contributed by atoms with van der Waals surface area (Å²) in [5.74, 6) is 0.685. The van der Waals surface area contributed by atoms with Crippen molar-refractivity contribution in [3.8, 4) is 5.75 Å². The lowest BCUT2D eigenvalue weighted by Gasteiger charge is -2.18. The van der Waals surface area contributed by atoms with Crippen LogP contribution >= 0.6 is 11.6 Å². The third-order valence-corrected chi connectivity index (χ3v) is 3.74. The van der Waals surface area contributed by atoms with Crippen molar-refractivity contribution in [1.82, 2.24) is 0 Å². The van der Waals surface area contributed by atoms with Crippen molar-refractivity contribution in [1.29, 1.82) is 0 Å². The lowest BCUT2D eigenvalue weighted by molar-refractivity contribution is 0.415. The van der Waals surface area contributed by atoms with Gasteiger partial charge in [-0.15, -0.1) is 0 Å². The fraction of sp³-hybridized carbons (Fsp3) is 0.294. The van der Waals surface area contributed by atoms with Crippen molar-refractivity contribution in [2.45, 2.75) is 13.0 Å². The van der Waals surface area contributed by atoms with Crippen LogP contribution in [0.1, 0.15) is 18.5 Å².